The molecule has 104 valence electrons. The van der Waals surface area contributed by atoms with Gasteiger partial charge in [-0.05, 0) is 24.9 Å². The third kappa shape index (κ3) is 2.74. The summed E-state index contributed by atoms with van der Waals surface area (Å²) in [5.74, 6) is -0.834. The third-order valence-corrected chi connectivity index (χ3v) is 2.95. The van der Waals surface area contributed by atoms with Crippen molar-refractivity contribution in [2.75, 3.05) is 6.54 Å². The first-order valence-electron chi connectivity index (χ1n) is 5.73. The molecule has 5 atom stereocenters. The summed E-state index contributed by atoms with van der Waals surface area (Å²) in [6, 6.07) is -0.735. The number of aliphatic hydroxyl groups excluding tert-OH is 1. The van der Waals surface area contributed by atoms with Gasteiger partial charge in [0.15, 0.2) is 12.1 Å². The molecule has 2 aliphatic heterocycles. The highest BCUT2D eigenvalue weighted by Gasteiger charge is 2.55. The molecule has 2 heterocycles. The lowest BCUT2D eigenvalue weighted by atomic mass is 10.0. The van der Waals surface area contributed by atoms with Gasteiger partial charge < -0.3 is 19.3 Å². The van der Waals surface area contributed by atoms with Gasteiger partial charge in [-0.2, -0.15) is 0 Å². The first kappa shape index (κ1) is 13.9. The molecule has 2 fully saturated rings. The topological polar surface area (TPSA) is 145 Å². The zero-order chi connectivity index (χ0) is 14.0. The van der Waals surface area contributed by atoms with Crippen molar-refractivity contribution in [2.24, 2.45) is 10.2 Å². The summed E-state index contributed by atoms with van der Waals surface area (Å²) in [6.45, 7) is 3.25. The van der Waals surface area contributed by atoms with Crippen LogP contribution in [-0.2, 0) is 14.2 Å². The molecule has 10 nitrogen and oxygen atoms in total. The molecule has 0 aliphatic carbocycles. The monoisotopic (exact) mass is 270 g/mol. The standard InChI is InChI=1S/C9H14N6O4/c1-9(2)18-7-5(13-15-11)6(17-8(7)19-9)4(16)3-12-14-10/h4-8,16H,3H2,1-2H3/t4-,5-,6-,7-,8-/m1/s1. The second-order valence-electron chi connectivity index (χ2n) is 4.75. The van der Waals surface area contributed by atoms with Crippen molar-refractivity contribution in [3.05, 3.63) is 20.9 Å². The van der Waals surface area contributed by atoms with Gasteiger partial charge in [0.05, 0.1) is 24.8 Å². The zero-order valence-corrected chi connectivity index (χ0v) is 10.4. The van der Waals surface area contributed by atoms with E-state index in [4.69, 9.17) is 25.3 Å². The first-order chi connectivity index (χ1) is 8.98. The molecule has 0 aromatic carbocycles. The van der Waals surface area contributed by atoms with Gasteiger partial charge in [-0.1, -0.05) is 10.2 Å². The van der Waals surface area contributed by atoms with Crippen LogP contribution in [-0.4, -0.2) is 48.1 Å². The molecular formula is C9H14N6O4. The van der Waals surface area contributed by atoms with E-state index in [1.807, 2.05) is 0 Å². The molecule has 2 rings (SSSR count). The Hall–Kier alpha value is -1.54. The van der Waals surface area contributed by atoms with Crippen molar-refractivity contribution >= 4 is 0 Å². The van der Waals surface area contributed by atoms with Crippen molar-refractivity contribution in [3.63, 3.8) is 0 Å². The van der Waals surface area contributed by atoms with Crippen LogP contribution in [0.15, 0.2) is 10.2 Å². The predicted molar refractivity (Wildman–Crippen MR) is 61.7 cm³/mol. The highest BCUT2D eigenvalue weighted by atomic mass is 16.8. The van der Waals surface area contributed by atoms with E-state index in [9.17, 15) is 5.11 Å². The molecule has 0 radical (unpaired) electrons. The number of hydrogen-bond donors (Lipinski definition) is 1. The predicted octanol–water partition coefficient (Wildman–Crippen LogP) is 1.21. The smallest absolute Gasteiger partial charge is 0.188 e. The lowest BCUT2D eigenvalue weighted by Crippen LogP contribution is -2.40. The van der Waals surface area contributed by atoms with Gasteiger partial charge in [0.1, 0.15) is 6.10 Å². The van der Waals surface area contributed by atoms with Crippen LogP contribution in [0.1, 0.15) is 13.8 Å². The Morgan fingerprint density at radius 1 is 1.32 bits per heavy atom. The molecule has 0 unspecified atom stereocenters. The van der Waals surface area contributed by atoms with Gasteiger partial charge in [0.25, 0.3) is 0 Å². The molecule has 2 saturated heterocycles. The van der Waals surface area contributed by atoms with Crippen LogP contribution in [0.4, 0.5) is 0 Å². The normalized spacial score (nSPS) is 37.0. The van der Waals surface area contributed by atoms with Crippen molar-refractivity contribution in [3.8, 4) is 0 Å². The fourth-order valence-electron chi connectivity index (χ4n) is 2.25. The second kappa shape index (κ2) is 5.22. The van der Waals surface area contributed by atoms with E-state index in [1.54, 1.807) is 13.8 Å². The van der Waals surface area contributed by atoms with Crippen LogP contribution in [0.2, 0.25) is 0 Å². The highest BCUT2D eigenvalue weighted by molar-refractivity contribution is 5.00. The van der Waals surface area contributed by atoms with Crippen LogP contribution in [0.3, 0.4) is 0 Å². The molecule has 10 heteroatoms. The van der Waals surface area contributed by atoms with E-state index in [0.717, 1.165) is 0 Å². The molecule has 0 aromatic rings. The summed E-state index contributed by atoms with van der Waals surface area (Å²) in [6.07, 6.45) is -3.22. The van der Waals surface area contributed by atoms with Gasteiger partial charge in [-0.3, -0.25) is 0 Å². The summed E-state index contributed by atoms with van der Waals surface area (Å²) in [5.41, 5.74) is 16.8. The number of ether oxygens (including phenoxy) is 3. The lowest BCUT2D eigenvalue weighted by Gasteiger charge is -2.25. The Kier molecular flexibility index (Phi) is 3.81. The molecule has 0 amide bonds. The minimum absolute atomic E-state index is 0.179. The van der Waals surface area contributed by atoms with E-state index in [2.05, 4.69) is 20.1 Å². The number of fused-ring (bicyclic) bond motifs is 1. The molecule has 1 N–H and O–H groups in total. The summed E-state index contributed by atoms with van der Waals surface area (Å²) >= 11 is 0. The van der Waals surface area contributed by atoms with Crippen molar-refractivity contribution in [2.45, 2.75) is 50.3 Å². The Balaban J connectivity index is 2.15. The average molecular weight is 270 g/mol. The van der Waals surface area contributed by atoms with Crippen molar-refractivity contribution in [1.29, 1.82) is 0 Å². The number of azide groups is 2. The van der Waals surface area contributed by atoms with Crippen LogP contribution >= 0.6 is 0 Å². The Morgan fingerprint density at radius 3 is 2.68 bits per heavy atom. The lowest BCUT2D eigenvalue weighted by molar-refractivity contribution is -0.215. The van der Waals surface area contributed by atoms with Gasteiger partial charge in [-0.25, -0.2) is 0 Å². The maximum absolute atomic E-state index is 9.88. The Morgan fingerprint density at radius 2 is 2.05 bits per heavy atom. The van der Waals surface area contributed by atoms with E-state index >= 15 is 0 Å². The number of hydrogen-bond acceptors (Lipinski definition) is 6. The van der Waals surface area contributed by atoms with E-state index in [0.29, 0.717) is 0 Å². The second-order valence-corrected chi connectivity index (χ2v) is 4.75. The minimum atomic E-state index is -1.09. The summed E-state index contributed by atoms with van der Waals surface area (Å²) in [5, 5.41) is 16.7. The zero-order valence-electron chi connectivity index (χ0n) is 10.4. The quantitative estimate of drug-likeness (QED) is 0.464. The molecule has 0 spiro atoms. The van der Waals surface area contributed by atoms with Crippen LogP contribution in [0.25, 0.3) is 20.9 Å². The van der Waals surface area contributed by atoms with E-state index in [-0.39, 0.29) is 6.54 Å². The Bertz CT molecular complexity index is 444. The van der Waals surface area contributed by atoms with Crippen LogP contribution < -0.4 is 0 Å². The SMILES string of the molecule is CC1(C)O[C@H]2O[C@H]([C@H](O)CN=[N+]=[N-])[C@@H](N=[N+]=[N-])[C@H]2O1. The molecule has 0 bridgehead atoms. The van der Waals surface area contributed by atoms with Gasteiger partial charge >= 0.3 is 0 Å². The minimum Gasteiger partial charge on any atom is -0.390 e. The highest BCUT2D eigenvalue weighted by Crippen LogP contribution is 2.39. The number of nitrogens with zero attached hydrogens (tertiary/aromatic N) is 6. The molecule has 0 saturated carbocycles. The number of aliphatic hydroxyl groups is 1. The van der Waals surface area contributed by atoms with Crippen LogP contribution in [0, 0.1) is 0 Å². The number of rotatable bonds is 4. The maximum Gasteiger partial charge on any atom is 0.188 e. The molecule has 0 aromatic heterocycles. The molecule has 19 heavy (non-hydrogen) atoms. The molecular weight excluding hydrogens is 256 g/mol. The summed E-state index contributed by atoms with van der Waals surface area (Å²) < 4.78 is 16.6. The fourth-order valence-corrected chi connectivity index (χ4v) is 2.25. The fraction of sp³-hybridized carbons (Fsp3) is 1.00. The summed E-state index contributed by atoms with van der Waals surface area (Å²) in [7, 11) is 0. The average Bonchev–Trinajstić information content (AvgIpc) is 2.80. The van der Waals surface area contributed by atoms with Gasteiger partial charge in [0, 0.05) is 9.82 Å². The summed E-state index contributed by atoms with van der Waals surface area (Å²) in [4.78, 5) is 5.29. The van der Waals surface area contributed by atoms with Crippen LogP contribution in [0.5, 0.6) is 0 Å². The molecule has 2 aliphatic rings. The maximum atomic E-state index is 9.88. The van der Waals surface area contributed by atoms with E-state index in [1.165, 1.54) is 0 Å². The van der Waals surface area contributed by atoms with Gasteiger partial charge in [-0.15, -0.1) is 0 Å². The third-order valence-electron chi connectivity index (χ3n) is 2.95. The van der Waals surface area contributed by atoms with Crippen molar-refractivity contribution < 1.29 is 19.3 Å². The largest absolute Gasteiger partial charge is 0.390 e. The van der Waals surface area contributed by atoms with Crippen molar-refractivity contribution in [1.82, 2.24) is 0 Å². The van der Waals surface area contributed by atoms with E-state index < -0.39 is 36.4 Å². The Labute approximate surface area is 108 Å². The van der Waals surface area contributed by atoms with Gasteiger partial charge in [0.2, 0.25) is 0 Å². The first-order valence-corrected chi connectivity index (χ1v) is 5.73.